The standard InChI is InChI=1S/C30H44/c1-3-4-24-7-9-25(10-8-24)11-12-26-13-17-28(18-14-26)30-21-19-29(20-22-30)27-15-5-23(2)6-16-27/h5-6,11-12,15-16,19,21,24-26,28-30H,3-4,7-10,13-14,17-18,20,22H2,1-2H3. The van der Waals surface area contributed by atoms with Crippen LogP contribution >= 0.6 is 0 Å². The van der Waals surface area contributed by atoms with Crippen LogP contribution in [0.5, 0.6) is 0 Å². The van der Waals surface area contributed by atoms with E-state index in [-0.39, 0.29) is 0 Å². The average Bonchev–Trinajstić information content (AvgIpc) is 2.80. The molecule has 2 atom stereocenters. The molecule has 0 amide bonds. The van der Waals surface area contributed by atoms with E-state index in [1.54, 1.807) is 0 Å². The number of aryl methyl sites for hydroxylation is 1. The Morgan fingerprint density at radius 1 is 0.733 bits per heavy atom. The molecule has 0 heteroatoms. The smallest absolute Gasteiger partial charge is 0.00182 e. The van der Waals surface area contributed by atoms with E-state index in [0.29, 0.717) is 5.92 Å². The zero-order valence-electron chi connectivity index (χ0n) is 19.6. The predicted molar refractivity (Wildman–Crippen MR) is 131 cm³/mol. The molecular formula is C30H44. The van der Waals surface area contributed by atoms with Gasteiger partial charge in [-0.15, -0.1) is 0 Å². The highest BCUT2D eigenvalue weighted by Gasteiger charge is 2.28. The molecule has 0 aliphatic heterocycles. The Labute approximate surface area is 186 Å². The van der Waals surface area contributed by atoms with Crippen molar-refractivity contribution < 1.29 is 0 Å². The van der Waals surface area contributed by atoms with E-state index < -0.39 is 0 Å². The highest BCUT2D eigenvalue weighted by molar-refractivity contribution is 5.28. The van der Waals surface area contributed by atoms with Gasteiger partial charge in [0.15, 0.2) is 0 Å². The summed E-state index contributed by atoms with van der Waals surface area (Å²) >= 11 is 0. The van der Waals surface area contributed by atoms with E-state index in [4.69, 9.17) is 0 Å². The average molecular weight is 405 g/mol. The van der Waals surface area contributed by atoms with E-state index in [9.17, 15) is 0 Å². The maximum atomic E-state index is 2.63. The van der Waals surface area contributed by atoms with Crippen molar-refractivity contribution in [2.24, 2.45) is 29.6 Å². The third-order valence-corrected chi connectivity index (χ3v) is 8.57. The molecule has 1 aromatic carbocycles. The second kappa shape index (κ2) is 10.8. The first-order valence-corrected chi connectivity index (χ1v) is 13.1. The Morgan fingerprint density at radius 3 is 1.93 bits per heavy atom. The molecule has 4 rings (SSSR count). The Kier molecular flexibility index (Phi) is 7.91. The number of rotatable bonds is 6. The van der Waals surface area contributed by atoms with Crippen LogP contribution in [0.2, 0.25) is 0 Å². The number of benzene rings is 1. The van der Waals surface area contributed by atoms with Crippen LogP contribution in [0.1, 0.15) is 101 Å². The number of allylic oxidation sites excluding steroid dienone is 4. The summed E-state index contributed by atoms with van der Waals surface area (Å²) in [5.74, 6) is 5.20. The minimum atomic E-state index is 0.647. The topological polar surface area (TPSA) is 0 Å². The van der Waals surface area contributed by atoms with Gasteiger partial charge in [-0.3, -0.25) is 0 Å². The van der Waals surface area contributed by atoms with Gasteiger partial charge in [0, 0.05) is 5.92 Å². The molecule has 1 aromatic rings. The summed E-state index contributed by atoms with van der Waals surface area (Å²) in [4.78, 5) is 0. The van der Waals surface area contributed by atoms with Gasteiger partial charge in [0.1, 0.15) is 0 Å². The highest BCUT2D eigenvalue weighted by Crippen LogP contribution is 2.41. The second-order valence-electron chi connectivity index (χ2n) is 10.8. The van der Waals surface area contributed by atoms with Gasteiger partial charge in [0.05, 0.1) is 0 Å². The highest BCUT2D eigenvalue weighted by atomic mass is 14.3. The fraction of sp³-hybridized carbons (Fsp3) is 0.667. The lowest BCUT2D eigenvalue weighted by Gasteiger charge is -2.34. The van der Waals surface area contributed by atoms with Crippen LogP contribution in [0.15, 0.2) is 48.6 Å². The maximum absolute atomic E-state index is 2.63. The second-order valence-corrected chi connectivity index (χ2v) is 10.8. The van der Waals surface area contributed by atoms with Crippen molar-refractivity contribution >= 4 is 0 Å². The van der Waals surface area contributed by atoms with Gasteiger partial charge >= 0.3 is 0 Å². The summed E-state index contributed by atoms with van der Waals surface area (Å²) < 4.78 is 0. The van der Waals surface area contributed by atoms with E-state index in [2.05, 4.69) is 62.4 Å². The van der Waals surface area contributed by atoms with Gasteiger partial charge in [0.25, 0.3) is 0 Å². The van der Waals surface area contributed by atoms with Gasteiger partial charge in [-0.05, 0) is 106 Å². The summed E-state index contributed by atoms with van der Waals surface area (Å²) in [6, 6.07) is 9.19. The van der Waals surface area contributed by atoms with Crippen molar-refractivity contribution in [1.29, 1.82) is 0 Å². The lowest BCUT2D eigenvalue weighted by atomic mass is 9.71. The SMILES string of the molecule is CCCC1CCC(C=CC2CCC(C3C=CC(c4ccc(C)cc4)CC3)CC2)CC1. The Bertz CT molecular complexity index is 677. The fourth-order valence-electron chi connectivity index (χ4n) is 6.48. The normalized spacial score (nSPS) is 35.0. The number of hydrogen-bond donors (Lipinski definition) is 0. The van der Waals surface area contributed by atoms with Gasteiger partial charge in [-0.1, -0.05) is 73.9 Å². The van der Waals surface area contributed by atoms with Crippen LogP contribution in [0, 0.1) is 36.5 Å². The molecule has 2 fully saturated rings. The van der Waals surface area contributed by atoms with Crippen LogP contribution in [-0.2, 0) is 0 Å². The minimum absolute atomic E-state index is 0.647. The first kappa shape index (κ1) is 21.9. The van der Waals surface area contributed by atoms with Crippen molar-refractivity contribution in [3.05, 3.63) is 59.7 Å². The van der Waals surface area contributed by atoms with Crippen LogP contribution in [0.25, 0.3) is 0 Å². The molecule has 0 radical (unpaired) electrons. The van der Waals surface area contributed by atoms with Gasteiger partial charge in [0.2, 0.25) is 0 Å². The monoisotopic (exact) mass is 404 g/mol. The fourth-order valence-corrected chi connectivity index (χ4v) is 6.48. The summed E-state index contributed by atoms with van der Waals surface area (Å²) in [7, 11) is 0. The van der Waals surface area contributed by atoms with Gasteiger partial charge < -0.3 is 0 Å². The third-order valence-electron chi connectivity index (χ3n) is 8.57. The summed E-state index contributed by atoms with van der Waals surface area (Å²) in [6.07, 6.45) is 27.5. The summed E-state index contributed by atoms with van der Waals surface area (Å²) in [5.41, 5.74) is 2.87. The van der Waals surface area contributed by atoms with Crippen LogP contribution in [-0.4, -0.2) is 0 Å². The van der Waals surface area contributed by atoms with Crippen molar-refractivity contribution in [1.82, 2.24) is 0 Å². The van der Waals surface area contributed by atoms with Crippen molar-refractivity contribution in [3.8, 4) is 0 Å². The van der Waals surface area contributed by atoms with Crippen molar-refractivity contribution in [2.45, 2.75) is 96.8 Å². The zero-order chi connectivity index (χ0) is 20.8. The molecule has 0 bridgehead atoms. The quantitative estimate of drug-likeness (QED) is 0.415. The molecule has 2 saturated carbocycles. The molecule has 2 unspecified atom stereocenters. The van der Waals surface area contributed by atoms with Crippen molar-refractivity contribution in [2.75, 3.05) is 0 Å². The van der Waals surface area contributed by atoms with Gasteiger partial charge in [-0.25, -0.2) is 0 Å². The molecule has 30 heavy (non-hydrogen) atoms. The molecule has 0 saturated heterocycles. The Hall–Kier alpha value is -1.30. The first-order valence-electron chi connectivity index (χ1n) is 13.1. The molecular weight excluding hydrogens is 360 g/mol. The van der Waals surface area contributed by atoms with E-state index >= 15 is 0 Å². The molecule has 3 aliphatic rings. The van der Waals surface area contributed by atoms with Crippen molar-refractivity contribution in [3.63, 3.8) is 0 Å². The maximum Gasteiger partial charge on any atom is 0.00182 e. The number of hydrogen-bond acceptors (Lipinski definition) is 0. The largest absolute Gasteiger partial charge is 0.0851 e. The Morgan fingerprint density at radius 2 is 1.37 bits per heavy atom. The van der Waals surface area contributed by atoms with E-state index in [1.807, 2.05) is 0 Å². The minimum Gasteiger partial charge on any atom is -0.0851 e. The molecule has 0 spiro atoms. The lowest BCUT2D eigenvalue weighted by Crippen LogP contribution is -2.22. The molecule has 0 nitrogen and oxygen atoms in total. The first-order chi connectivity index (χ1) is 14.7. The van der Waals surface area contributed by atoms with E-state index in [1.165, 1.54) is 88.2 Å². The third kappa shape index (κ3) is 5.89. The van der Waals surface area contributed by atoms with Crippen LogP contribution in [0.3, 0.4) is 0 Å². The predicted octanol–water partition coefficient (Wildman–Crippen LogP) is 9.01. The molecule has 0 aromatic heterocycles. The Balaban J connectivity index is 1.20. The lowest BCUT2D eigenvalue weighted by molar-refractivity contribution is 0.236. The summed E-state index contributed by atoms with van der Waals surface area (Å²) in [5, 5.41) is 0. The summed E-state index contributed by atoms with van der Waals surface area (Å²) in [6.45, 7) is 4.52. The van der Waals surface area contributed by atoms with Gasteiger partial charge in [-0.2, -0.15) is 0 Å². The van der Waals surface area contributed by atoms with Crippen LogP contribution < -0.4 is 0 Å². The van der Waals surface area contributed by atoms with E-state index in [0.717, 1.165) is 29.6 Å². The molecule has 3 aliphatic carbocycles. The molecule has 0 heterocycles. The zero-order valence-corrected chi connectivity index (χ0v) is 19.6. The molecule has 164 valence electrons. The molecule has 0 N–H and O–H groups in total. The van der Waals surface area contributed by atoms with Crippen LogP contribution in [0.4, 0.5) is 0 Å².